The summed E-state index contributed by atoms with van der Waals surface area (Å²) in [5.74, 6) is 1.32. The second kappa shape index (κ2) is 8.20. The van der Waals surface area contributed by atoms with E-state index < -0.39 is 0 Å². The zero-order valence-corrected chi connectivity index (χ0v) is 13.6. The van der Waals surface area contributed by atoms with Crippen molar-refractivity contribution in [3.63, 3.8) is 0 Å². The first-order valence-corrected chi connectivity index (χ1v) is 7.83. The average molecular weight is 304 g/mol. The molecule has 1 aliphatic carbocycles. The van der Waals surface area contributed by atoms with Crippen LogP contribution in [-0.4, -0.2) is 42.5 Å². The zero-order chi connectivity index (χ0) is 13.8. The molecule has 4 nitrogen and oxygen atoms in total. The fourth-order valence-corrected chi connectivity index (χ4v) is 3.38. The highest BCUT2D eigenvalue weighted by Gasteiger charge is 2.26. The van der Waals surface area contributed by atoms with Crippen LogP contribution in [0.5, 0.6) is 0 Å². The van der Waals surface area contributed by atoms with E-state index in [9.17, 15) is 4.79 Å². The number of carbonyl (C=O) groups excluding carboxylic acids is 1. The van der Waals surface area contributed by atoms with E-state index in [0.717, 1.165) is 25.9 Å². The van der Waals surface area contributed by atoms with Crippen LogP contribution in [0.25, 0.3) is 0 Å². The number of likely N-dealkylation sites (tertiary alicyclic amines) is 1. The number of nitrogens with two attached hydrogens (primary N) is 1. The van der Waals surface area contributed by atoms with Gasteiger partial charge in [0.25, 0.3) is 0 Å². The molecule has 4 unspecified atom stereocenters. The molecule has 0 bridgehead atoms. The second-order valence-corrected chi connectivity index (χ2v) is 6.60. The Hall–Kier alpha value is -0.320. The first-order chi connectivity index (χ1) is 9.06. The Morgan fingerprint density at radius 2 is 1.90 bits per heavy atom. The van der Waals surface area contributed by atoms with Gasteiger partial charge in [-0.25, -0.2) is 0 Å². The normalized spacial score (nSPS) is 35.1. The predicted molar refractivity (Wildman–Crippen MR) is 85.0 cm³/mol. The summed E-state index contributed by atoms with van der Waals surface area (Å²) in [6.07, 6.45) is 5.98. The molecule has 2 rings (SSSR count). The molecular formula is C15H30ClN3O. The van der Waals surface area contributed by atoms with Gasteiger partial charge in [-0.2, -0.15) is 0 Å². The first-order valence-electron chi connectivity index (χ1n) is 7.83. The summed E-state index contributed by atoms with van der Waals surface area (Å²) in [5.41, 5.74) is 6.01. The molecule has 4 atom stereocenters. The van der Waals surface area contributed by atoms with Crippen molar-refractivity contribution in [2.75, 3.05) is 19.6 Å². The fraction of sp³-hybridized carbons (Fsp3) is 0.933. The van der Waals surface area contributed by atoms with Crippen molar-refractivity contribution >= 4 is 18.3 Å². The van der Waals surface area contributed by atoms with E-state index in [2.05, 4.69) is 24.1 Å². The summed E-state index contributed by atoms with van der Waals surface area (Å²) in [7, 11) is 0. The van der Waals surface area contributed by atoms with Crippen molar-refractivity contribution in [3.8, 4) is 0 Å². The molecule has 0 aromatic heterocycles. The molecule has 5 heteroatoms. The fourth-order valence-electron chi connectivity index (χ4n) is 3.38. The van der Waals surface area contributed by atoms with E-state index in [0.29, 0.717) is 30.5 Å². The van der Waals surface area contributed by atoms with Crippen LogP contribution in [0.1, 0.15) is 46.0 Å². The second-order valence-electron chi connectivity index (χ2n) is 6.60. The van der Waals surface area contributed by atoms with Crippen molar-refractivity contribution in [1.29, 1.82) is 0 Å². The van der Waals surface area contributed by atoms with Gasteiger partial charge in [0.05, 0.1) is 6.54 Å². The molecule has 118 valence electrons. The Bertz CT molecular complexity index is 313. The van der Waals surface area contributed by atoms with Crippen LogP contribution in [0.2, 0.25) is 0 Å². The maximum atomic E-state index is 12.1. The van der Waals surface area contributed by atoms with E-state index in [1.54, 1.807) is 0 Å². The van der Waals surface area contributed by atoms with Crippen molar-refractivity contribution < 1.29 is 4.79 Å². The smallest absolute Gasteiger partial charge is 0.234 e. The van der Waals surface area contributed by atoms with Gasteiger partial charge in [0.15, 0.2) is 0 Å². The van der Waals surface area contributed by atoms with Crippen LogP contribution in [-0.2, 0) is 4.79 Å². The highest BCUT2D eigenvalue weighted by atomic mass is 35.5. The Morgan fingerprint density at radius 3 is 2.55 bits per heavy atom. The molecule has 2 fully saturated rings. The maximum absolute atomic E-state index is 12.1. The first kappa shape index (κ1) is 17.7. The summed E-state index contributed by atoms with van der Waals surface area (Å²) >= 11 is 0. The van der Waals surface area contributed by atoms with Gasteiger partial charge in [-0.3, -0.25) is 9.69 Å². The SMILES string of the molecule is CC1CN(CC(=O)NC2CCCCC2C)CCC1N.Cl. The van der Waals surface area contributed by atoms with E-state index in [4.69, 9.17) is 5.73 Å². The molecule has 0 spiro atoms. The van der Waals surface area contributed by atoms with Gasteiger partial charge in [-0.1, -0.05) is 26.7 Å². The van der Waals surface area contributed by atoms with Crippen LogP contribution in [0, 0.1) is 11.8 Å². The quantitative estimate of drug-likeness (QED) is 0.835. The van der Waals surface area contributed by atoms with E-state index in [1.165, 1.54) is 19.3 Å². The van der Waals surface area contributed by atoms with Gasteiger partial charge < -0.3 is 11.1 Å². The monoisotopic (exact) mass is 303 g/mol. The summed E-state index contributed by atoms with van der Waals surface area (Å²) in [4.78, 5) is 14.4. The summed E-state index contributed by atoms with van der Waals surface area (Å²) in [5, 5.41) is 3.23. The topological polar surface area (TPSA) is 58.4 Å². The minimum atomic E-state index is 0. The molecule has 20 heavy (non-hydrogen) atoms. The Kier molecular flexibility index (Phi) is 7.27. The van der Waals surface area contributed by atoms with E-state index >= 15 is 0 Å². The number of nitrogens with zero attached hydrogens (tertiary/aromatic N) is 1. The lowest BCUT2D eigenvalue weighted by Crippen LogP contribution is -2.51. The standard InChI is InChI=1S/C15H29N3O.ClH/c1-11-5-3-4-6-14(11)17-15(19)10-18-8-7-13(16)12(2)9-18;/h11-14H,3-10,16H2,1-2H3,(H,17,19);1H. The molecule has 1 saturated heterocycles. The number of rotatable bonds is 3. The third-order valence-corrected chi connectivity index (χ3v) is 4.88. The van der Waals surface area contributed by atoms with Gasteiger partial charge in [0, 0.05) is 25.2 Å². The van der Waals surface area contributed by atoms with E-state index in [-0.39, 0.29) is 18.3 Å². The lowest BCUT2D eigenvalue weighted by molar-refractivity contribution is -0.124. The minimum Gasteiger partial charge on any atom is -0.352 e. The highest BCUT2D eigenvalue weighted by Crippen LogP contribution is 2.23. The molecule has 1 saturated carbocycles. The molecule has 2 aliphatic rings. The third kappa shape index (κ3) is 4.90. The average Bonchev–Trinajstić information content (AvgIpc) is 2.37. The van der Waals surface area contributed by atoms with Gasteiger partial charge in [0.1, 0.15) is 0 Å². The maximum Gasteiger partial charge on any atom is 0.234 e. The number of hydrogen-bond acceptors (Lipinski definition) is 3. The van der Waals surface area contributed by atoms with Gasteiger partial charge >= 0.3 is 0 Å². The number of hydrogen-bond donors (Lipinski definition) is 2. The predicted octanol–water partition coefficient (Wildman–Crippen LogP) is 1.77. The van der Waals surface area contributed by atoms with Crippen molar-refractivity contribution in [2.24, 2.45) is 17.6 Å². The van der Waals surface area contributed by atoms with Crippen molar-refractivity contribution in [3.05, 3.63) is 0 Å². The molecule has 0 radical (unpaired) electrons. The highest BCUT2D eigenvalue weighted by molar-refractivity contribution is 5.85. The van der Waals surface area contributed by atoms with Crippen LogP contribution >= 0.6 is 12.4 Å². The number of nitrogens with one attached hydrogen (secondary N) is 1. The molecule has 1 aliphatic heterocycles. The molecule has 0 aromatic rings. The Labute approximate surface area is 129 Å². The van der Waals surface area contributed by atoms with E-state index in [1.807, 2.05) is 0 Å². The molecule has 1 amide bonds. The molecule has 3 N–H and O–H groups in total. The summed E-state index contributed by atoms with van der Waals surface area (Å²) in [6.45, 7) is 6.89. The largest absolute Gasteiger partial charge is 0.352 e. The Balaban J connectivity index is 0.00000200. The summed E-state index contributed by atoms with van der Waals surface area (Å²) < 4.78 is 0. The number of amides is 1. The summed E-state index contributed by atoms with van der Waals surface area (Å²) in [6, 6.07) is 0.698. The molecule has 0 aromatic carbocycles. The van der Waals surface area contributed by atoms with Crippen molar-refractivity contribution in [2.45, 2.75) is 58.0 Å². The third-order valence-electron chi connectivity index (χ3n) is 4.88. The Morgan fingerprint density at radius 1 is 1.20 bits per heavy atom. The van der Waals surface area contributed by atoms with Crippen LogP contribution in [0.15, 0.2) is 0 Å². The molecular weight excluding hydrogens is 274 g/mol. The molecule has 1 heterocycles. The van der Waals surface area contributed by atoms with Crippen LogP contribution < -0.4 is 11.1 Å². The zero-order valence-electron chi connectivity index (χ0n) is 12.8. The number of piperidine rings is 1. The lowest BCUT2D eigenvalue weighted by atomic mass is 9.86. The lowest BCUT2D eigenvalue weighted by Gasteiger charge is -2.35. The van der Waals surface area contributed by atoms with Crippen molar-refractivity contribution in [1.82, 2.24) is 10.2 Å². The number of halogens is 1. The van der Waals surface area contributed by atoms with Gasteiger partial charge in [0.2, 0.25) is 5.91 Å². The van der Waals surface area contributed by atoms with Gasteiger partial charge in [-0.05, 0) is 31.1 Å². The van der Waals surface area contributed by atoms with Crippen LogP contribution in [0.3, 0.4) is 0 Å². The number of carbonyl (C=O) groups is 1. The van der Waals surface area contributed by atoms with Crippen LogP contribution in [0.4, 0.5) is 0 Å². The van der Waals surface area contributed by atoms with Gasteiger partial charge in [-0.15, -0.1) is 12.4 Å². The minimum absolute atomic E-state index is 0.